The summed E-state index contributed by atoms with van der Waals surface area (Å²) < 4.78 is 1.65. The van der Waals surface area contributed by atoms with E-state index in [-0.39, 0.29) is 12.3 Å². The molecule has 0 bridgehead atoms. The highest BCUT2D eigenvalue weighted by Gasteiger charge is 2.21. The van der Waals surface area contributed by atoms with E-state index in [2.05, 4.69) is 10.4 Å². The third-order valence-corrected chi connectivity index (χ3v) is 2.54. The summed E-state index contributed by atoms with van der Waals surface area (Å²) in [6.45, 7) is 1.57. The smallest absolute Gasteiger partial charge is 0.356 e. The second-order valence-corrected chi connectivity index (χ2v) is 3.66. The van der Waals surface area contributed by atoms with E-state index >= 15 is 0 Å². The van der Waals surface area contributed by atoms with E-state index in [1.807, 2.05) is 0 Å². The van der Waals surface area contributed by atoms with Crippen LogP contribution in [0.2, 0.25) is 0 Å². The van der Waals surface area contributed by atoms with E-state index in [4.69, 9.17) is 10.2 Å². The second-order valence-electron chi connectivity index (χ2n) is 3.66. The highest BCUT2D eigenvalue weighted by molar-refractivity contribution is 5.86. The molecule has 2 rings (SSSR count). The lowest BCUT2D eigenvalue weighted by molar-refractivity contribution is 0.0689. The Balaban J connectivity index is 2.15. The summed E-state index contributed by atoms with van der Waals surface area (Å²) in [7, 11) is 0. The van der Waals surface area contributed by atoms with Crippen molar-refractivity contribution in [3.63, 3.8) is 0 Å². The molecule has 0 aromatic carbocycles. The van der Waals surface area contributed by atoms with Crippen LogP contribution in [0.5, 0.6) is 0 Å². The van der Waals surface area contributed by atoms with Crippen LogP contribution in [0.4, 0.5) is 5.82 Å². The number of aliphatic hydroxyl groups excluding tert-OH is 1. The van der Waals surface area contributed by atoms with Gasteiger partial charge in [-0.1, -0.05) is 0 Å². The van der Waals surface area contributed by atoms with Crippen LogP contribution in [-0.2, 0) is 6.54 Å². The van der Waals surface area contributed by atoms with E-state index in [1.54, 1.807) is 4.68 Å². The van der Waals surface area contributed by atoms with Crippen molar-refractivity contribution in [2.45, 2.75) is 13.0 Å². The van der Waals surface area contributed by atoms with Crippen molar-refractivity contribution in [3.8, 4) is 0 Å². The van der Waals surface area contributed by atoms with E-state index < -0.39 is 5.97 Å². The number of hydrogen-bond acceptors (Lipinski definition) is 4. The van der Waals surface area contributed by atoms with E-state index in [0.29, 0.717) is 18.9 Å². The molecule has 3 N–H and O–H groups in total. The first-order valence-corrected chi connectivity index (χ1v) is 4.86. The fourth-order valence-corrected chi connectivity index (χ4v) is 1.74. The largest absolute Gasteiger partial charge is 0.476 e. The summed E-state index contributed by atoms with van der Waals surface area (Å²) in [5.74, 6) is 0.0306. The quantitative estimate of drug-likeness (QED) is 0.655. The lowest BCUT2D eigenvalue weighted by Gasteiger charge is -2.23. The van der Waals surface area contributed by atoms with E-state index in [1.165, 1.54) is 6.07 Å². The molecule has 0 amide bonds. The van der Waals surface area contributed by atoms with Crippen molar-refractivity contribution in [1.29, 1.82) is 0 Å². The molecule has 0 saturated carbocycles. The Labute approximate surface area is 86.5 Å². The van der Waals surface area contributed by atoms with Crippen LogP contribution in [0.25, 0.3) is 0 Å². The van der Waals surface area contributed by atoms with Gasteiger partial charge in [0.2, 0.25) is 0 Å². The first-order valence-electron chi connectivity index (χ1n) is 4.86. The maximum absolute atomic E-state index is 10.7. The molecule has 82 valence electrons. The van der Waals surface area contributed by atoms with Gasteiger partial charge in [0.1, 0.15) is 5.82 Å². The second kappa shape index (κ2) is 3.90. The SMILES string of the molecule is O=C(O)c1cc2n(n1)CC(CCO)CN2. The number of aliphatic hydroxyl groups is 1. The van der Waals surface area contributed by atoms with Gasteiger partial charge in [-0.05, 0) is 12.3 Å². The van der Waals surface area contributed by atoms with Gasteiger partial charge in [-0.15, -0.1) is 0 Å². The van der Waals surface area contributed by atoms with Crippen molar-refractivity contribution in [2.24, 2.45) is 5.92 Å². The predicted molar refractivity (Wildman–Crippen MR) is 52.9 cm³/mol. The highest BCUT2D eigenvalue weighted by atomic mass is 16.4. The third kappa shape index (κ3) is 1.94. The van der Waals surface area contributed by atoms with E-state index in [9.17, 15) is 4.79 Å². The Morgan fingerprint density at radius 3 is 3.20 bits per heavy atom. The molecule has 1 aromatic heterocycles. The fourth-order valence-electron chi connectivity index (χ4n) is 1.74. The first kappa shape index (κ1) is 9.97. The highest BCUT2D eigenvalue weighted by Crippen LogP contribution is 2.20. The lowest BCUT2D eigenvalue weighted by atomic mass is 10.1. The molecule has 6 nitrogen and oxygen atoms in total. The number of carboxylic acid groups (broad SMARTS) is 1. The van der Waals surface area contributed by atoms with Gasteiger partial charge < -0.3 is 15.5 Å². The van der Waals surface area contributed by atoms with Crippen LogP contribution in [-0.4, -0.2) is 39.1 Å². The van der Waals surface area contributed by atoms with Gasteiger partial charge in [0, 0.05) is 25.8 Å². The van der Waals surface area contributed by atoms with Gasteiger partial charge >= 0.3 is 5.97 Å². The molecule has 1 aliphatic heterocycles. The molecule has 1 atom stereocenters. The monoisotopic (exact) mass is 211 g/mol. The van der Waals surface area contributed by atoms with Crippen LogP contribution in [0.3, 0.4) is 0 Å². The molecular formula is C9H13N3O3. The molecule has 0 aliphatic carbocycles. The Hall–Kier alpha value is -1.56. The summed E-state index contributed by atoms with van der Waals surface area (Å²) in [5.41, 5.74) is 0.0575. The Bertz CT molecular complexity index is 375. The van der Waals surface area contributed by atoms with Crippen LogP contribution in [0.15, 0.2) is 6.07 Å². The predicted octanol–water partition coefficient (Wildman–Crippen LogP) is 0.00540. The molecule has 15 heavy (non-hydrogen) atoms. The Kier molecular flexibility index (Phi) is 2.59. The lowest BCUT2D eigenvalue weighted by Crippen LogP contribution is -2.28. The number of anilines is 1. The number of nitrogens with zero attached hydrogens (tertiary/aromatic N) is 2. The summed E-state index contributed by atoms with van der Waals surface area (Å²) >= 11 is 0. The number of carboxylic acids is 1. The molecule has 0 saturated heterocycles. The summed E-state index contributed by atoms with van der Waals surface area (Å²) in [4.78, 5) is 10.7. The molecule has 2 heterocycles. The average molecular weight is 211 g/mol. The summed E-state index contributed by atoms with van der Waals surface area (Å²) in [6, 6.07) is 1.53. The van der Waals surface area contributed by atoms with Crippen molar-refractivity contribution in [1.82, 2.24) is 9.78 Å². The molecule has 1 aliphatic rings. The number of rotatable bonds is 3. The number of nitrogens with one attached hydrogen (secondary N) is 1. The van der Waals surface area contributed by atoms with Crippen molar-refractivity contribution >= 4 is 11.8 Å². The van der Waals surface area contributed by atoms with E-state index in [0.717, 1.165) is 12.4 Å². The zero-order valence-electron chi connectivity index (χ0n) is 8.18. The number of fused-ring (bicyclic) bond motifs is 1. The number of aromatic carboxylic acids is 1. The Morgan fingerprint density at radius 2 is 2.53 bits per heavy atom. The number of aromatic nitrogens is 2. The molecule has 0 radical (unpaired) electrons. The standard InChI is InChI=1S/C9H13N3O3/c13-2-1-6-4-10-8-3-7(9(14)15)11-12(8)5-6/h3,6,10,13H,1-2,4-5H2,(H,14,15). The number of hydrogen-bond donors (Lipinski definition) is 3. The van der Waals surface area contributed by atoms with Gasteiger partial charge in [-0.25, -0.2) is 9.48 Å². The number of carbonyl (C=O) groups is 1. The van der Waals surface area contributed by atoms with Crippen molar-refractivity contribution in [3.05, 3.63) is 11.8 Å². The van der Waals surface area contributed by atoms with Crippen molar-refractivity contribution in [2.75, 3.05) is 18.5 Å². The zero-order chi connectivity index (χ0) is 10.8. The average Bonchev–Trinajstić information content (AvgIpc) is 2.61. The summed E-state index contributed by atoms with van der Waals surface area (Å²) in [6.07, 6.45) is 0.703. The minimum atomic E-state index is -1.02. The van der Waals surface area contributed by atoms with Gasteiger partial charge in [0.25, 0.3) is 0 Å². The van der Waals surface area contributed by atoms with Gasteiger partial charge in [0.05, 0.1) is 0 Å². The van der Waals surface area contributed by atoms with Crippen molar-refractivity contribution < 1.29 is 15.0 Å². The van der Waals surface area contributed by atoms with Crippen LogP contribution in [0, 0.1) is 5.92 Å². The third-order valence-electron chi connectivity index (χ3n) is 2.54. The normalized spacial score (nSPS) is 19.4. The van der Waals surface area contributed by atoms with Gasteiger partial charge in [-0.2, -0.15) is 5.10 Å². The van der Waals surface area contributed by atoms with Crippen LogP contribution >= 0.6 is 0 Å². The minimum Gasteiger partial charge on any atom is -0.476 e. The fraction of sp³-hybridized carbons (Fsp3) is 0.556. The maximum atomic E-state index is 10.7. The molecular weight excluding hydrogens is 198 g/mol. The molecule has 0 fully saturated rings. The summed E-state index contributed by atoms with van der Waals surface area (Å²) in [5, 5.41) is 24.6. The van der Waals surface area contributed by atoms with Crippen LogP contribution in [0.1, 0.15) is 16.9 Å². The first-order chi connectivity index (χ1) is 7.20. The molecule has 6 heteroatoms. The maximum Gasteiger partial charge on any atom is 0.356 e. The minimum absolute atomic E-state index is 0.0575. The molecule has 1 unspecified atom stereocenters. The topological polar surface area (TPSA) is 87.4 Å². The van der Waals surface area contributed by atoms with Gasteiger partial charge in [-0.3, -0.25) is 0 Å². The van der Waals surface area contributed by atoms with Crippen LogP contribution < -0.4 is 5.32 Å². The zero-order valence-corrected chi connectivity index (χ0v) is 8.18. The van der Waals surface area contributed by atoms with Gasteiger partial charge in [0.15, 0.2) is 5.69 Å². The Morgan fingerprint density at radius 1 is 1.73 bits per heavy atom. The molecule has 0 spiro atoms. The molecule has 1 aromatic rings.